The lowest BCUT2D eigenvalue weighted by Gasteiger charge is -2.06. The topological polar surface area (TPSA) is 66.0 Å². The smallest absolute Gasteiger partial charge is 0.258 e. The first-order valence-electron chi connectivity index (χ1n) is 4.96. The Balaban J connectivity index is 3.08. The molecule has 1 rings (SSSR count). The second-order valence-corrected chi connectivity index (χ2v) is 3.91. The van der Waals surface area contributed by atoms with E-state index in [-0.39, 0.29) is 17.0 Å². The first-order chi connectivity index (χ1) is 7.04. The van der Waals surface area contributed by atoms with Crippen molar-refractivity contribution in [2.75, 3.05) is 0 Å². The van der Waals surface area contributed by atoms with E-state index >= 15 is 0 Å². The van der Waals surface area contributed by atoms with Crippen LogP contribution in [0.4, 0.5) is 0 Å². The van der Waals surface area contributed by atoms with E-state index in [9.17, 15) is 9.90 Å². The van der Waals surface area contributed by atoms with Gasteiger partial charge in [-0.05, 0) is 5.92 Å². The van der Waals surface area contributed by atoms with E-state index in [2.05, 4.69) is 16.5 Å². The van der Waals surface area contributed by atoms with Gasteiger partial charge in [-0.15, -0.1) is 6.58 Å². The summed E-state index contributed by atoms with van der Waals surface area (Å²) in [5.74, 6) is 0.729. The summed E-state index contributed by atoms with van der Waals surface area (Å²) in [7, 11) is 0. The highest BCUT2D eigenvalue weighted by Gasteiger charge is 2.09. The number of nitrogens with zero attached hydrogens (tertiary/aromatic N) is 1. The molecule has 1 aromatic rings. The van der Waals surface area contributed by atoms with Crippen LogP contribution in [0.2, 0.25) is 0 Å². The maximum absolute atomic E-state index is 11.5. The van der Waals surface area contributed by atoms with Crippen molar-refractivity contribution in [3.05, 3.63) is 34.4 Å². The molecule has 4 heteroatoms. The van der Waals surface area contributed by atoms with Gasteiger partial charge in [-0.1, -0.05) is 19.9 Å². The number of hydrogen-bond acceptors (Lipinski definition) is 3. The largest absolute Gasteiger partial charge is 0.493 e. The van der Waals surface area contributed by atoms with Crippen LogP contribution in [0.1, 0.15) is 25.2 Å². The fourth-order valence-electron chi connectivity index (χ4n) is 1.34. The summed E-state index contributed by atoms with van der Waals surface area (Å²) in [5.41, 5.74) is -0.00411. The van der Waals surface area contributed by atoms with Gasteiger partial charge in [0.1, 0.15) is 5.82 Å². The van der Waals surface area contributed by atoms with Crippen LogP contribution in [-0.4, -0.2) is 15.1 Å². The summed E-state index contributed by atoms with van der Waals surface area (Å²) < 4.78 is 0. The molecule has 0 saturated carbocycles. The molecule has 0 aliphatic carbocycles. The quantitative estimate of drug-likeness (QED) is 0.735. The number of aromatic amines is 1. The fraction of sp³-hybridized carbons (Fsp3) is 0.455. The monoisotopic (exact) mass is 208 g/mol. The second kappa shape index (κ2) is 4.77. The van der Waals surface area contributed by atoms with Crippen molar-refractivity contribution in [1.82, 2.24) is 9.97 Å². The third-order valence-corrected chi connectivity index (χ3v) is 1.99. The zero-order chi connectivity index (χ0) is 11.4. The summed E-state index contributed by atoms with van der Waals surface area (Å²) >= 11 is 0. The number of H-pyrrole nitrogens is 1. The van der Waals surface area contributed by atoms with Crippen LogP contribution in [0.3, 0.4) is 0 Å². The lowest BCUT2D eigenvalue weighted by Crippen LogP contribution is -2.17. The highest BCUT2D eigenvalue weighted by atomic mass is 16.3. The number of aromatic hydroxyl groups is 1. The zero-order valence-corrected chi connectivity index (χ0v) is 9.08. The minimum Gasteiger partial charge on any atom is -0.493 e. The lowest BCUT2D eigenvalue weighted by molar-refractivity contribution is 0.438. The molecule has 0 aromatic carbocycles. The van der Waals surface area contributed by atoms with Crippen LogP contribution >= 0.6 is 0 Å². The molecule has 0 atom stereocenters. The van der Waals surface area contributed by atoms with Crippen LogP contribution in [0.25, 0.3) is 0 Å². The van der Waals surface area contributed by atoms with Crippen LogP contribution in [-0.2, 0) is 12.8 Å². The highest BCUT2D eigenvalue weighted by Crippen LogP contribution is 2.11. The Kier molecular flexibility index (Phi) is 3.66. The summed E-state index contributed by atoms with van der Waals surface area (Å²) in [6.45, 7) is 7.56. The molecule has 0 unspecified atom stereocenters. The minimum atomic E-state index is -0.280. The predicted molar refractivity (Wildman–Crippen MR) is 59.0 cm³/mol. The third kappa shape index (κ3) is 2.94. The van der Waals surface area contributed by atoms with Crippen molar-refractivity contribution >= 4 is 0 Å². The number of nitrogens with one attached hydrogen (secondary N) is 1. The number of allylic oxidation sites excluding steroid dienone is 1. The molecule has 0 radical (unpaired) electrons. The highest BCUT2D eigenvalue weighted by molar-refractivity contribution is 5.24. The van der Waals surface area contributed by atoms with Gasteiger partial charge in [0.25, 0.3) is 5.56 Å². The van der Waals surface area contributed by atoms with E-state index in [1.807, 2.05) is 13.8 Å². The van der Waals surface area contributed by atoms with Gasteiger partial charge in [0.05, 0.1) is 5.56 Å². The SMILES string of the molecule is C=CCc1c(O)nc(CC(C)C)[nH]c1=O. The molecule has 0 spiro atoms. The van der Waals surface area contributed by atoms with E-state index in [4.69, 9.17) is 0 Å². The van der Waals surface area contributed by atoms with Crippen molar-refractivity contribution in [3.63, 3.8) is 0 Å². The Labute approximate surface area is 88.7 Å². The Morgan fingerprint density at radius 1 is 1.60 bits per heavy atom. The van der Waals surface area contributed by atoms with Gasteiger partial charge < -0.3 is 10.1 Å². The molecule has 1 aromatic heterocycles. The predicted octanol–water partition coefficient (Wildman–Crippen LogP) is 1.40. The molecule has 0 saturated heterocycles. The van der Waals surface area contributed by atoms with Crippen molar-refractivity contribution < 1.29 is 5.11 Å². The van der Waals surface area contributed by atoms with E-state index in [0.29, 0.717) is 24.6 Å². The molecule has 82 valence electrons. The third-order valence-electron chi connectivity index (χ3n) is 1.99. The molecular formula is C11H16N2O2. The van der Waals surface area contributed by atoms with Gasteiger partial charge in [0, 0.05) is 12.8 Å². The maximum atomic E-state index is 11.5. The van der Waals surface area contributed by atoms with Crippen molar-refractivity contribution in [3.8, 4) is 5.88 Å². The van der Waals surface area contributed by atoms with E-state index in [1.54, 1.807) is 6.08 Å². The Bertz CT molecular complexity index is 408. The van der Waals surface area contributed by atoms with Gasteiger partial charge in [0.2, 0.25) is 5.88 Å². The van der Waals surface area contributed by atoms with E-state index < -0.39 is 0 Å². The molecule has 2 N–H and O–H groups in total. The summed E-state index contributed by atoms with van der Waals surface area (Å²) in [5, 5.41) is 9.54. The lowest BCUT2D eigenvalue weighted by atomic mass is 10.1. The van der Waals surface area contributed by atoms with Gasteiger partial charge in [-0.2, -0.15) is 0 Å². The molecule has 0 aliphatic heterocycles. The van der Waals surface area contributed by atoms with Gasteiger partial charge >= 0.3 is 0 Å². The number of rotatable bonds is 4. The van der Waals surface area contributed by atoms with Crippen molar-refractivity contribution in [2.24, 2.45) is 5.92 Å². The van der Waals surface area contributed by atoms with Gasteiger partial charge in [-0.25, -0.2) is 4.98 Å². The number of aromatic nitrogens is 2. The molecule has 0 aliphatic rings. The first-order valence-corrected chi connectivity index (χ1v) is 4.96. The molecule has 15 heavy (non-hydrogen) atoms. The molecule has 0 fully saturated rings. The Morgan fingerprint density at radius 3 is 2.73 bits per heavy atom. The normalized spacial score (nSPS) is 10.6. The van der Waals surface area contributed by atoms with Crippen molar-refractivity contribution in [2.45, 2.75) is 26.7 Å². The Morgan fingerprint density at radius 2 is 2.27 bits per heavy atom. The molecule has 0 amide bonds. The van der Waals surface area contributed by atoms with Crippen LogP contribution in [0.5, 0.6) is 5.88 Å². The van der Waals surface area contributed by atoms with Crippen LogP contribution < -0.4 is 5.56 Å². The summed E-state index contributed by atoms with van der Waals surface area (Å²) in [6.07, 6.45) is 2.54. The zero-order valence-electron chi connectivity index (χ0n) is 9.08. The molecule has 4 nitrogen and oxygen atoms in total. The average molecular weight is 208 g/mol. The Hall–Kier alpha value is -1.58. The van der Waals surface area contributed by atoms with Gasteiger partial charge in [-0.3, -0.25) is 4.79 Å². The first kappa shape index (κ1) is 11.5. The van der Waals surface area contributed by atoms with Crippen LogP contribution in [0.15, 0.2) is 17.4 Å². The molecule has 0 bridgehead atoms. The fourth-order valence-corrected chi connectivity index (χ4v) is 1.34. The molecular weight excluding hydrogens is 192 g/mol. The standard InChI is InChI=1S/C11H16N2O2/c1-4-5-8-10(14)12-9(6-7(2)3)13-11(8)15/h4,7H,1,5-6H2,2-3H3,(H2,12,13,14,15). The molecule has 1 heterocycles. The van der Waals surface area contributed by atoms with Gasteiger partial charge in [0.15, 0.2) is 0 Å². The van der Waals surface area contributed by atoms with E-state index in [0.717, 1.165) is 0 Å². The maximum Gasteiger partial charge on any atom is 0.258 e. The average Bonchev–Trinajstić information content (AvgIpc) is 2.10. The number of hydrogen-bond donors (Lipinski definition) is 2. The van der Waals surface area contributed by atoms with Crippen molar-refractivity contribution in [1.29, 1.82) is 0 Å². The van der Waals surface area contributed by atoms with Crippen LogP contribution in [0, 0.1) is 5.92 Å². The summed E-state index contributed by atoms with van der Waals surface area (Å²) in [4.78, 5) is 18.1. The minimum absolute atomic E-state index is 0.186. The second-order valence-electron chi connectivity index (χ2n) is 3.91. The van der Waals surface area contributed by atoms with E-state index in [1.165, 1.54) is 0 Å². The summed E-state index contributed by atoms with van der Waals surface area (Å²) in [6, 6.07) is 0.